The summed E-state index contributed by atoms with van der Waals surface area (Å²) < 4.78 is 11.9. The van der Waals surface area contributed by atoms with Crippen LogP contribution in [0.1, 0.15) is 16.9 Å². The van der Waals surface area contributed by atoms with Gasteiger partial charge in [-0.05, 0) is 33.7 Å². The van der Waals surface area contributed by atoms with Gasteiger partial charge in [0.25, 0.3) is 5.91 Å². The molecule has 2 heterocycles. The third-order valence-electron chi connectivity index (χ3n) is 4.57. The van der Waals surface area contributed by atoms with Crippen LogP contribution in [0.25, 0.3) is 23.2 Å². The monoisotopic (exact) mass is 415 g/mol. The fourth-order valence-electron chi connectivity index (χ4n) is 3.04. The molecule has 2 aromatic carbocycles. The molecule has 8 nitrogen and oxygen atoms in total. The number of methoxy groups -OCH3 is 1. The van der Waals surface area contributed by atoms with Crippen molar-refractivity contribution in [2.45, 2.75) is 13.2 Å². The summed E-state index contributed by atoms with van der Waals surface area (Å²) in [5.74, 6) is 0.642. The summed E-state index contributed by atoms with van der Waals surface area (Å²) in [5.41, 5.74) is 3.07. The zero-order valence-corrected chi connectivity index (χ0v) is 16.9. The summed E-state index contributed by atoms with van der Waals surface area (Å²) in [6.07, 6.45) is 3.15. The number of amides is 1. The van der Waals surface area contributed by atoms with E-state index in [2.05, 4.69) is 20.8 Å². The lowest BCUT2D eigenvalue weighted by Gasteiger charge is -2.11. The van der Waals surface area contributed by atoms with Gasteiger partial charge >= 0.3 is 0 Å². The highest BCUT2D eigenvalue weighted by Gasteiger charge is 2.19. The maximum atomic E-state index is 13.1. The number of rotatable bonds is 8. The van der Waals surface area contributed by atoms with Crippen LogP contribution >= 0.6 is 0 Å². The molecule has 1 N–H and O–H groups in total. The molecule has 8 heteroatoms. The van der Waals surface area contributed by atoms with E-state index in [1.165, 1.54) is 4.68 Å². The summed E-state index contributed by atoms with van der Waals surface area (Å²) in [6.45, 7) is 0.897. The van der Waals surface area contributed by atoms with Crippen molar-refractivity contribution in [3.05, 3.63) is 89.9 Å². The van der Waals surface area contributed by atoms with Crippen molar-refractivity contribution in [2.75, 3.05) is 7.11 Å². The minimum absolute atomic E-state index is 0.245. The molecule has 0 spiro atoms. The molecule has 0 radical (unpaired) electrons. The second-order valence-corrected chi connectivity index (χ2v) is 6.76. The van der Waals surface area contributed by atoms with Crippen molar-refractivity contribution >= 4 is 17.7 Å². The molecule has 0 unspecified atom stereocenters. The first kappa shape index (κ1) is 20.2. The van der Waals surface area contributed by atoms with Crippen LogP contribution in [0, 0.1) is 0 Å². The van der Waals surface area contributed by atoms with Crippen LogP contribution in [0.4, 0.5) is 0 Å². The van der Waals surface area contributed by atoms with E-state index in [-0.39, 0.29) is 11.6 Å². The Balaban J connectivity index is 1.59. The van der Waals surface area contributed by atoms with Gasteiger partial charge in [0.15, 0.2) is 5.82 Å². The normalized spacial score (nSPS) is 11.5. The molecular formula is C23H21N5O3. The van der Waals surface area contributed by atoms with Crippen LogP contribution in [-0.2, 0) is 22.7 Å². The van der Waals surface area contributed by atoms with Gasteiger partial charge in [0.1, 0.15) is 11.5 Å². The van der Waals surface area contributed by atoms with E-state index in [1.807, 2.05) is 54.6 Å². The number of aromatic nitrogens is 4. The van der Waals surface area contributed by atoms with E-state index in [0.29, 0.717) is 24.7 Å². The molecule has 0 saturated heterocycles. The average molecular weight is 415 g/mol. The van der Waals surface area contributed by atoms with E-state index in [4.69, 9.17) is 9.15 Å². The van der Waals surface area contributed by atoms with Crippen molar-refractivity contribution in [1.29, 1.82) is 0 Å². The topological polar surface area (TPSA) is 95.1 Å². The van der Waals surface area contributed by atoms with Crippen molar-refractivity contribution < 1.29 is 13.9 Å². The van der Waals surface area contributed by atoms with Crippen LogP contribution in [-0.4, -0.2) is 33.2 Å². The molecular weight excluding hydrogens is 394 g/mol. The number of ether oxygens (including phenoxy) is 1. The Morgan fingerprint density at radius 1 is 1.06 bits per heavy atom. The van der Waals surface area contributed by atoms with Gasteiger partial charge in [0.2, 0.25) is 0 Å². The molecule has 0 bridgehead atoms. The summed E-state index contributed by atoms with van der Waals surface area (Å²) in [7, 11) is 1.66. The van der Waals surface area contributed by atoms with Gasteiger partial charge in [-0.2, -0.15) is 4.68 Å². The molecule has 0 fully saturated rings. The Morgan fingerprint density at radius 3 is 2.55 bits per heavy atom. The molecule has 1 amide bonds. The lowest BCUT2D eigenvalue weighted by atomic mass is 10.1. The van der Waals surface area contributed by atoms with Gasteiger partial charge in [-0.1, -0.05) is 54.6 Å². The van der Waals surface area contributed by atoms with E-state index in [0.717, 1.165) is 16.7 Å². The molecule has 0 aliphatic heterocycles. The van der Waals surface area contributed by atoms with Crippen LogP contribution in [0.3, 0.4) is 0 Å². The maximum Gasteiger partial charge on any atom is 0.270 e. The van der Waals surface area contributed by atoms with Gasteiger partial charge in [-0.3, -0.25) is 4.79 Å². The fraction of sp³-hybridized carbons (Fsp3) is 0.130. The first-order valence-electron chi connectivity index (χ1n) is 9.69. The third-order valence-corrected chi connectivity index (χ3v) is 4.57. The number of benzene rings is 2. The number of hydrogen-bond acceptors (Lipinski definition) is 6. The highest BCUT2D eigenvalue weighted by molar-refractivity contribution is 6.18. The van der Waals surface area contributed by atoms with Gasteiger partial charge < -0.3 is 14.5 Å². The molecule has 0 aliphatic carbocycles. The Morgan fingerprint density at radius 2 is 1.84 bits per heavy atom. The van der Waals surface area contributed by atoms with Crippen molar-refractivity contribution in [3.8, 4) is 11.4 Å². The number of carbonyl (C=O) groups is 1. The average Bonchev–Trinajstić information content (AvgIpc) is 3.50. The number of tetrazole rings is 1. The van der Waals surface area contributed by atoms with E-state index >= 15 is 0 Å². The summed E-state index contributed by atoms with van der Waals surface area (Å²) in [4.78, 5) is 13.1. The summed E-state index contributed by atoms with van der Waals surface area (Å²) in [6, 6.07) is 20.8. The minimum Gasteiger partial charge on any atom is -0.465 e. The highest BCUT2D eigenvalue weighted by atomic mass is 16.5. The molecule has 156 valence electrons. The predicted molar refractivity (Wildman–Crippen MR) is 115 cm³/mol. The third kappa shape index (κ3) is 4.93. The first-order valence-corrected chi connectivity index (χ1v) is 9.69. The van der Waals surface area contributed by atoms with E-state index in [1.54, 1.807) is 31.6 Å². The second kappa shape index (κ2) is 9.64. The first-order chi connectivity index (χ1) is 15.2. The summed E-state index contributed by atoms with van der Waals surface area (Å²) in [5, 5.41) is 14.9. The van der Waals surface area contributed by atoms with Crippen molar-refractivity contribution in [1.82, 2.24) is 25.5 Å². The van der Waals surface area contributed by atoms with Crippen molar-refractivity contribution in [3.63, 3.8) is 0 Å². The second-order valence-electron chi connectivity index (χ2n) is 6.76. The number of carbonyl (C=O) groups excluding carboxylic acids is 1. The van der Waals surface area contributed by atoms with Gasteiger partial charge in [-0.15, -0.1) is 5.10 Å². The van der Waals surface area contributed by atoms with E-state index in [9.17, 15) is 4.79 Å². The molecule has 0 aliphatic rings. The van der Waals surface area contributed by atoms with Gasteiger partial charge in [0, 0.05) is 25.3 Å². The highest BCUT2D eigenvalue weighted by Crippen LogP contribution is 2.20. The maximum absolute atomic E-state index is 13.1. The summed E-state index contributed by atoms with van der Waals surface area (Å²) >= 11 is 0. The molecule has 2 aromatic heterocycles. The van der Waals surface area contributed by atoms with Gasteiger partial charge in [0.05, 0.1) is 12.9 Å². The SMILES string of the molecule is COCc1ccc(CNC(=O)/C(=C/c2ccco2)n2nnnc2-c2ccccc2)cc1. The smallest absolute Gasteiger partial charge is 0.270 e. The van der Waals surface area contributed by atoms with Crippen LogP contribution < -0.4 is 5.32 Å². The zero-order chi connectivity index (χ0) is 21.5. The molecule has 4 aromatic rings. The largest absolute Gasteiger partial charge is 0.465 e. The molecule has 0 saturated carbocycles. The number of nitrogens with one attached hydrogen (secondary N) is 1. The Hall–Kier alpha value is -4.04. The quantitative estimate of drug-likeness (QED) is 0.443. The van der Waals surface area contributed by atoms with Crippen LogP contribution in [0.15, 0.2) is 77.4 Å². The van der Waals surface area contributed by atoms with Crippen LogP contribution in [0.5, 0.6) is 0 Å². The Labute approximate surface area is 179 Å². The lowest BCUT2D eigenvalue weighted by molar-refractivity contribution is -0.116. The number of hydrogen-bond donors (Lipinski definition) is 1. The Kier molecular flexibility index (Phi) is 6.29. The minimum atomic E-state index is -0.332. The molecule has 0 atom stereocenters. The van der Waals surface area contributed by atoms with E-state index < -0.39 is 0 Å². The fourth-order valence-corrected chi connectivity index (χ4v) is 3.04. The number of furan rings is 1. The number of nitrogens with zero attached hydrogens (tertiary/aromatic N) is 4. The lowest BCUT2D eigenvalue weighted by Crippen LogP contribution is -2.27. The van der Waals surface area contributed by atoms with Crippen LogP contribution in [0.2, 0.25) is 0 Å². The van der Waals surface area contributed by atoms with Gasteiger partial charge in [-0.25, -0.2) is 0 Å². The Bertz CT molecular complexity index is 1150. The zero-order valence-electron chi connectivity index (χ0n) is 16.9. The molecule has 31 heavy (non-hydrogen) atoms. The molecule has 4 rings (SSSR count). The van der Waals surface area contributed by atoms with Crippen molar-refractivity contribution in [2.24, 2.45) is 0 Å². The standard InChI is InChI=1S/C23H21N5O3/c1-30-16-18-11-9-17(10-12-18)15-24-23(29)21(14-20-8-5-13-31-20)28-22(25-26-27-28)19-6-3-2-4-7-19/h2-14H,15-16H2,1H3,(H,24,29)/b21-14-. The predicted octanol–water partition coefficient (Wildman–Crippen LogP) is 3.39.